The highest BCUT2D eigenvalue weighted by Crippen LogP contribution is 2.38. The molecule has 4 N–H and O–H groups in total. The SMILES string of the molecule is CCCCC(CC)c1ccc(N=Nc2ccc(F)c(S(=O)(=O)O)c2)c(Nc2nc3nc(n2)SCCOCN(CC)c2ccc(N=Nc4ccc(F)c(S(=O)(=O)O)c4)c(c2)N3)c1. The lowest BCUT2D eigenvalue weighted by molar-refractivity contribution is 0.150. The van der Waals surface area contributed by atoms with Crippen LogP contribution in [0, 0.1) is 11.6 Å². The molecule has 0 spiro atoms. The smallest absolute Gasteiger partial charge is 0.297 e. The summed E-state index contributed by atoms with van der Waals surface area (Å²) in [6.45, 7) is 7.44. The zero-order valence-corrected chi connectivity index (χ0v) is 35.6. The Bertz CT molecular complexity index is 2680. The van der Waals surface area contributed by atoms with Gasteiger partial charge in [0, 0.05) is 18.0 Å². The van der Waals surface area contributed by atoms with Crippen LogP contribution < -0.4 is 15.5 Å². The molecule has 0 saturated carbocycles. The lowest BCUT2D eigenvalue weighted by Gasteiger charge is -2.23. The second-order valence-corrected chi connectivity index (χ2v) is 17.4. The molecule has 0 amide bonds. The van der Waals surface area contributed by atoms with E-state index in [0.717, 1.165) is 61.2 Å². The van der Waals surface area contributed by atoms with Crippen LogP contribution in [-0.2, 0) is 25.0 Å². The van der Waals surface area contributed by atoms with Crippen LogP contribution in [0.25, 0.3) is 0 Å². The summed E-state index contributed by atoms with van der Waals surface area (Å²) in [4.78, 5) is 14.1. The Hall–Kier alpha value is -5.52. The summed E-state index contributed by atoms with van der Waals surface area (Å²) in [5.41, 5.74) is 3.10. The Kier molecular flexibility index (Phi) is 14.7. The van der Waals surface area contributed by atoms with Gasteiger partial charge in [0.15, 0.2) is 5.16 Å². The van der Waals surface area contributed by atoms with Crippen molar-refractivity contribution in [2.75, 3.05) is 41.2 Å². The molecule has 4 bridgehead atoms. The highest BCUT2D eigenvalue weighted by Gasteiger charge is 2.20. The number of nitrogens with zero attached hydrogens (tertiary/aromatic N) is 8. The lowest BCUT2D eigenvalue weighted by atomic mass is 9.91. The van der Waals surface area contributed by atoms with E-state index >= 15 is 0 Å². The minimum Gasteiger partial charge on any atom is -0.360 e. The summed E-state index contributed by atoms with van der Waals surface area (Å²) < 4.78 is 100. The van der Waals surface area contributed by atoms with E-state index in [1.165, 1.54) is 23.9 Å². The Balaban J connectivity index is 1.41. The molecule has 5 aromatic rings. The minimum atomic E-state index is -4.87. The third kappa shape index (κ3) is 11.9. The van der Waals surface area contributed by atoms with E-state index in [0.29, 0.717) is 41.1 Å². The maximum absolute atomic E-state index is 14.2. The molecule has 0 aliphatic carbocycles. The van der Waals surface area contributed by atoms with Crippen LogP contribution in [-0.4, -0.2) is 66.5 Å². The summed E-state index contributed by atoms with van der Waals surface area (Å²) in [5.74, 6) is -1.36. The van der Waals surface area contributed by atoms with E-state index in [1.54, 1.807) is 24.3 Å². The number of aromatic nitrogens is 3. The van der Waals surface area contributed by atoms with Gasteiger partial charge in [0.2, 0.25) is 11.9 Å². The molecule has 2 heterocycles. The molecule has 4 aromatic carbocycles. The van der Waals surface area contributed by atoms with E-state index in [-0.39, 0.29) is 41.6 Å². The van der Waals surface area contributed by atoms with E-state index < -0.39 is 41.7 Å². The number of nitrogens with one attached hydrogen (secondary N) is 2. The first-order valence-corrected chi connectivity index (χ1v) is 22.9. The van der Waals surface area contributed by atoms with E-state index in [2.05, 4.69) is 59.9 Å². The zero-order valence-electron chi connectivity index (χ0n) is 33.2. The molecule has 17 nitrogen and oxygen atoms in total. The van der Waals surface area contributed by atoms with Crippen molar-refractivity contribution in [3.05, 3.63) is 90.0 Å². The van der Waals surface area contributed by atoms with Crippen molar-refractivity contribution >= 4 is 83.7 Å². The average molecular weight is 897 g/mol. The van der Waals surface area contributed by atoms with Crippen LogP contribution in [0.5, 0.6) is 0 Å². The van der Waals surface area contributed by atoms with Gasteiger partial charge >= 0.3 is 0 Å². The molecule has 0 saturated heterocycles. The first-order chi connectivity index (χ1) is 29.1. The predicted molar refractivity (Wildman–Crippen MR) is 227 cm³/mol. The van der Waals surface area contributed by atoms with Crippen LogP contribution in [0.15, 0.2) is 108 Å². The van der Waals surface area contributed by atoms with Crippen molar-refractivity contribution in [1.29, 1.82) is 0 Å². The number of thioether (sulfide) groups is 1. The fourth-order valence-corrected chi connectivity index (χ4v) is 8.03. The molecule has 1 atom stereocenters. The Morgan fingerprint density at radius 1 is 0.836 bits per heavy atom. The van der Waals surface area contributed by atoms with Crippen LogP contribution >= 0.6 is 11.8 Å². The molecule has 6 rings (SSSR count). The monoisotopic (exact) mass is 896 g/mol. The van der Waals surface area contributed by atoms with Gasteiger partial charge in [-0.2, -0.15) is 42.0 Å². The number of rotatable bonds is 14. The Labute approximate surface area is 355 Å². The zero-order chi connectivity index (χ0) is 43.7. The molecule has 1 aliphatic rings. The third-order valence-corrected chi connectivity index (χ3v) is 11.9. The molecule has 0 radical (unpaired) electrons. The number of benzene rings is 4. The van der Waals surface area contributed by atoms with Gasteiger partial charge in [-0.15, -0.1) is 10.2 Å². The molecule has 61 heavy (non-hydrogen) atoms. The van der Waals surface area contributed by atoms with Gasteiger partial charge in [-0.05, 0) is 98.0 Å². The first-order valence-electron chi connectivity index (χ1n) is 19.1. The molecular formula is C39H42F2N10O7S3. The standard InChI is InChI=1S/C39H42F2N10O7S3/c1-4-7-8-24(5-2)25-9-15-31(49-47-26-10-13-29(40)35(20-26)60(52,53)54)33(19-25)42-37-44-38-43-34-22-28(51(6-3)23-58-17-18-59-39(45-37)46-38)12-16-32(34)50-48-27-11-14-30(41)36(21-27)61(55,56)57/h9-16,19-22,24H,4-8,17-18,23H2,1-3H3,(H,52,53,54)(H,55,56,57)(H2,42,43,44,45,46). The van der Waals surface area contributed by atoms with Crippen LogP contribution in [0.3, 0.4) is 0 Å². The van der Waals surface area contributed by atoms with Gasteiger partial charge in [-0.3, -0.25) is 9.11 Å². The summed E-state index contributed by atoms with van der Waals surface area (Å²) in [6.07, 6.45) is 3.85. The summed E-state index contributed by atoms with van der Waals surface area (Å²) in [5, 5.41) is 23.7. The van der Waals surface area contributed by atoms with Gasteiger partial charge in [-0.1, -0.05) is 44.5 Å². The maximum Gasteiger partial charge on any atom is 0.297 e. The average Bonchev–Trinajstić information content (AvgIpc) is 3.22. The number of ether oxygens (including phenoxy) is 1. The Morgan fingerprint density at radius 3 is 2.11 bits per heavy atom. The van der Waals surface area contributed by atoms with E-state index in [9.17, 15) is 34.7 Å². The third-order valence-electron chi connectivity index (χ3n) is 9.36. The molecule has 1 aromatic heterocycles. The van der Waals surface area contributed by atoms with Crippen LogP contribution in [0.4, 0.5) is 60.5 Å². The highest BCUT2D eigenvalue weighted by molar-refractivity contribution is 7.99. The largest absolute Gasteiger partial charge is 0.360 e. The predicted octanol–water partition coefficient (Wildman–Crippen LogP) is 10.6. The first kappa shape index (κ1) is 45.0. The lowest BCUT2D eigenvalue weighted by Crippen LogP contribution is -2.26. The fraction of sp³-hybridized carbons (Fsp3) is 0.308. The number of fused-ring (bicyclic) bond motifs is 4. The van der Waals surface area contributed by atoms with Crippen molar-refractivity contribution in [2.24, 2.45) is 20.5 Å². The van der Waals surface area contributed by atoms with Crippen molar-refractivity contribution in [3.8, 4) is 0 Å². The van der Waals surface area contributed by atoms with Gasteiger partial charge < -0.3 is 20.3 Å². The van der Waals surface area contributed by atoms with E-state index in [1.807, 2.05) is 24.0 Å². The number of anilines is 5. The molecule has 1 aliphatic heterocycles. The highest BCUT2D eigenvalue weighted by atomic mass is 32.2. The quantitative estimate of drug-likeness (QED) is 0.0600. The molecule has 1 unspecified atom stereocenters. The molecule has 0 fully saturated rings. The topological polar surface area (TPSA) is 233 Å². The summed E-state index contributed by atoms with van der Waals surface area (Å²) in [6, 6.07) is 16.7. The van der Waals surface area contributed by atoms with Gasteiger partial charge in [-0.25, -0.2) is 8.78 Å². The summed E-state index contributed by atoms with van der Waals surface area (Å²) >= 11 is 1.32. The van der Waals surface area contributed by atoms with Gasteiger partial charge in [0.05, 0.1) is 29.4 Å². The van der Waals surface area contributed by atoms with Crippen molar-refractivity contribution in [2.45, 2.75) is 67.3 Å². The maximum atomic E-state index is 14.2. The number of azo groups is 2. The normalized spacial score (nSPS) is 14.3. The van der Waals surface area contributed by atoms with Crippen LogP contribution in [0.1, 0.15) is 57.9 Å². The second kappa shape index (κ2) is 19.9. The van der Waals surface area contributed by atoms with Crippen molar-refractivity contribution in [1.82, 2.24) is 15.0 Å². The molecular weight excluding hydrogens is 855 g/mol. The van der Waals surface area contributed by atoms with Crippen molar-refractivity contribution in [3.63, 3.8) is 0 Å². The van der Waals surface area contributed by atoms with Gasteiger partial charge in [0.1, 0.15) is 39.5 Å². The number of halogens is 2. The minimum absolute atomic E-state index is 0.0292. The second-order valence-electron chi connectivity index (χ2n) is 13.6. The fourth-order valence-electron chi connectivity index (χ4n) is 6.18. The molecule has 22 heteroatoms. The van der Waals surface area contributed by atoms with Crippen LogP contribution in [0.2, 0.25) is 0 Å². The van der Waals surface area contributed by atoms with Gasteiger partial charge in [0.25, 0.3) is 20.2 Å². The number of unbranched alkanes of at least 4 members (excludes halogenated alkanes) is 1. The Morgan fingerprint density at radius 2 is 1.49 bits per heavy atom. The molecule has 322 valence electrons. The van der Waals surface area contributed by atoms with Crippen molar-refractivity contribution < 1.29 is 39.5 Å². The summed E-state index contributed by atoms with van der Waals surface area (Å²) in [7, 11) is -9.73. The number of hydrogen-bond donors (Lipinski definition) is 4. The van der Waals surface area contributed by atoms with E-state index in [4.69, 9.17) is 4.74 Å². The number of hydrogen-bond acceptors (Lipinski definition) is 16.